The Morgan fingerprint density at radius 3 is 2.68 bits per heavy atom. The quantitative estimate of drug-likeness (QED) is 0.819. The van der Waals surface area contributed by atoms with E-state index in [2.05, 4.69) is 11.9 Å². The van der Waals surface area contributed by atoms with Gasteiger partial charge in [0.25, 0.3) is 0 Å². The molecule has 1 aromatic carbocycles. The Morgan fingerprint density at radius 2 is 2.14 bits per heavy atom. The van der Waals surface area contributed by atoms with Crippen LogP contribution in [0.3, 0.4) is 0 Å². The highest BCUT2D eigenvalue weighted by atomic mass is 16.5. The molecule has 1 unspecified atom stereocenters. The molecule has 1 aliphatic heterocycles. The van der Waals surface area contributed by atoms with Crippen molar-refractivity contribution in [2.75, 3.05) is 12.4 Å². The van der Waals surface area contributed by atoms with Crippen LogP contribution in [0.15, 0.2) is 30.9 Å². The van der Waals surface area contributed by atoms with Crippen LogP contribution in [0.1, 0.15) is 39.2 Å². The second-order valence-corrected chi connectivity index (χ2v) is 6.40. The van der Waals surface area contributed by atoms with Gasteiger partial charge < -0.3 is 14.8 Å². The molecule has 22 heavy (non-hydrogen) atoms. The number of anilines is 1. The fourth-order valence-corrected chi connectivity index (χ4v) is 3.21. The lowest BCUT2D eigenvalue weighted by atomic mass is 9.60. The van der Waals surface area contributed by atoms with E-state index in [1.807, 2.05) is 32.0 Å². The summed E-state index contributed by atoms with van der Waals surface area (Å²) in [5.74, 6) is 0.688. The molecule has 0 aromatic heterocycles. The zero-order chi connectivity index (χ0) is 16.5. The molecule has 0 bridgehead atoms. The van der Waals surface area contributed by atoms with Crippen LogP contribution in [0.4, 0.5) is 5.69 Å². The molecule has 0 saturated carbocycles. The van der Waals surface area contributed by atoms with E-state index < -0.39 is 10.8 Å². The van der Waals surface area contributed by atoms with E-state index in [9.17, 15) is 9.59 Å². The molecule has 1 N–H and O–H groups in total. The number of benzene rings is 1. The maximum Gasteiger partial charge on any atom is 0.235 e. The number of ether oxygens (including phenoxy) is 1. The lowest BCUT2D eigenvalue weighted by molar-refractivity contribution is -0.125. The maximum absolute atomic E-state index is 12.9. The summed E-state index contributed by atoms with van der Waals surface area (Å²) >= 11 is 0. The third-order valence-corrected chi connectivity index (χ3v) is 4.78. The van der Waals surface area contributed by atoms with Gasteiger partial charge in [0, 0.05) is 17.5 Å². The fourth-order valence-electron chi connectivity index (χ4n) is 3.21. The third-order valence-electron chi connectivity index (χ3n) is 4.78. The van der Waals surface area contributed by atoms with Gasteiger partial charge in [0.2, 0.25) is 5.91 Å². The first-order valence-corrected chi connectivity index (χ1v) is 7.41. The molecule has 0 radical (unpaired) electrons. The van der Waals surface area contributed by atoms with E-state index in [1.54, 1.807) is 20.1 Å². The highest BCUT2D eigenvalue weighted by Crippen LogP contribution is 2.53. The Kier molecular flexibility index (Phi) is 4.14. The van der Waals surface area contributed by atoms with Gasteiger partial charge in [-0.05, 0) is 37.1 Å². The largest absolute Gasteiger partial charge is 0.497 e. The first kappa shape index (κ1) is 16.3. The predicted molar refractivity (Wildman–Crippen MR) is 87.2 cm³/mol. The molecule has 1 atom stereocenters. The van der Waals surface area contributed by atoms with Crippen LogP contribution in [0.2, 0.25) is 0 Å². The van der Waals surface area contributed by atoms with E-state index in [1.165, 1.54) is 0 Å². The Bertz CT molecular complexity index is 633. The van der Waals surface area contributed by atoms with Crippen LogP contribution < -0.4 is 10.1 Å². The number of carbonyl (C=O) groups excluding carboxylic acids is 2. The molecular formula is C18H23NO3. The van der Waals surface area contributed by atoms with Crippen molar-refractivity contribution < 1.29 is 14.3 Å². The van der Waals surface area contributed by atoms with E-state index in [4.69, 9.17) is 4.74 Å². The lowest BCUT2D eigenvalue weighted by Crippen LogP contribution is -2.46. The summed E-state index contributed by atoms with van der Waals surface area (Å²) in [4.78, 5) is 24.4. The minimum Gasteiger partial charge on any atom is -0.497 e. The summed E-state index contributed by atoms with van der Waals surface area (Å²) in [6, 6.07) is 5.56. The van der Waals surface area contributed by atoms with Crippen molar-refractivity contribution in [3.05, 3.63) is 36.4 Å². The van der Waals surface area contributed by atoms with Crippen molar-refractivity contribution in [3.8, 4) is 5.75 Å². The van der Waals surface area contributed by atoms with Crippen molar-refractivity contribution in [2.24, 2.45) is 5.41 Å². The van der Waals surface area contributed by atoms with Crippen molar-refractivity contribution >= 4 is 17.4 Å². The predicted octanol–water partition coefficient (Wildman–Crippen LogP) is 3.47. The molecule has 4 nitrogen and oxygen atoms in total. The van der Waals surface area contributed by atoms with E-state index in [-0.39, 0.29) is 11.7 Å². The summed E-state index contributed by atoms with van der Waals surface area (Å²) in [7, 11) is 1.60. The molecule has 1 aliphatic rings. The number of fused-ring (bicyclic) bond motifs is 1. The van der Waals surface area contributed by atoms with Crippen LogP contribution in [-0.4, -0.2) is 18.8 Å². The topological polar surface area (TPSA) is 55.4 Å². The van der Waals surface area contributed by atoms with E-state index >= 15 is 0 Å². The zero-order valence-electron chi connectivity index (χ0n) is 13.7. The number of amides is 1. The standard InChI is InChI=1S/C18H23NO3/c1-6-17(3,4)18(10-9-12(2)20)14-11-13(22-5)7-8-15(14)19-16(18)21/h6-8,11H,1,9-10H2,2-5H3,(H,19,21). The van der Waals surface area contributed by atoms with Crippen LogP contribution in [0.5, 0.6) is 5.75 Å². The molecule has 1 amide bonds. The highest BCUT2D eigenvalue weighted by Gasteiger charge is 2.55. The summed E-state index contributed by atoms with van der Waals surface area (Å²) in [5.41, 5.74) is 0.348. The van der Waals surface area contributed by atoms with Crippen LogP contribution >= 0.6 is 0 Å². The lowest BCUT2D eigenvalue weighted by Gasteiger charge is -2.40. The van der Waals surface area contributed by atoms with Crippen molar-refractivity contribution in [2.45, 2.75) is 39.0 Å². The number of methoxy groups -OCH3 is 1. The van der Waals surface area contributed by atoms with Crippen molar-refractivity contribution in [1.82, 2.24) is 0 Å². The number of allylic oxidation sites excluding steroid dienone is 1. The van der Waals surface area contributed by atoms with Crippen LogP contribution in [-0.2, 0) is 15.0 Å². The number of ketones is 1. The molecule has 0 aliphatic carbocycles. The second kappa shape index (κ2) is 5.59. The Labute approximate surface area is 131 Å². The number of rotatable bonds is 6. The van der Waals surface area contributed by atoms with Gasteiger partial charge in [-0.25, -0.2) is 0 Å². The normalized spacial score (nSPS) is 20.3. The Hall–Kier alpha value is -2.10. The number of hydrogen-bond acceptors (Lipinski definition) is 3. The summed E-state index contributed by atoms with van der Waals surface area (Å²) in [5, 5.41) is 2.95. The average Bonchev–Trinajstić information content (AvgIpc) is 2.77. The SMILES string of the molecule is C=CC(C)(C)C1(CCC(C)=O)C(=O)Nc2ccc(OC)cc21. The number of nitrogens with one attached hydrogen (secondary N) is 1. The fraction of sp³-hybridized carbons (Fsp3) is 0.444. The molecule has 1 aromatic rings. The smallest absolute Gasteiger partial charge is 0.235 e. The van der Waals surface area contributed by atoms with Crippen molar-refractivity contribution in [3.63, 3.8) is 0 Å². The maximum atomic E-state index is 12.9. The summed E-state index contributed by atoms with van der Waals surface area (Å²) in [6.07, 6.45) is 2.59. The van der Waals surface area contributed by atoms with Gasteiger partial charge in [-0.1, -0.05) is 19.9 Å². The molecule has 118 valence electrons. The van der Waals surface area contributed by atoms with Gasteiger partial charge in [0.15, 0.2) is 0 Å². The number of hydrogen-bond donors (Lipinski definition) is 1. The molecular weight excluding hydrogens is 278 g/mol. The molecule has 1 heterocycles. The second-order valence-electron chi connectivity index (χ2n) is 6.40. The summed E-state index contributed by atoms with van der Waals surface area (Å²) < 4.78 is 5.31. The molecule has 2 rings (SSSR count). The van der Waals surface area contributed by atoms with Gasteiger partial charge >= 0.3 is 0 Å². The molecule has 0 saturated heterocycles. The summed E-state index contributed by atoms with van der Waals surface area (Å²) in [6.45, 7) is 9.41. The first-order chi connectivity index (χ1) is 10.3. The molecule has 0 fully saturated rings. The third kappa shape index (κ3) is 2.32. The Morgan fingerprint density at radius 1 is 1.45 bits per heavy atom. The number of carbonyl (C=O) groups is 2. The highest BCUT2D eigenvalue weighted by molar-refractivity contribution is 6.07. The van der Waals surface area contributed by atoms with Gasteiger partial charge in [-0.3, -0.25) is 4.79 Å². The van der Waals surface area contributed by atoms with Crippen molar-refractivity contribution in [1.29, 1.82) is 0 Å². The molecule has 0 spiro atoms. The van der Waals surface area contributed by atoms with Gasteiger partial charge in [-0.15, -0.1) is 6.58 Å². The average molecular weight is 301 g/mol. The first-order valence-electron chi connectivity index (χ1n) is 7.41. The van der Waals surface area contributed by atoms with Gasteiger partial charge in [0.1, 0.15) is 11.5 Å². The Balaban J connectivity index is 2.65. The minimum absolute atomic E-state index is 0.0726. The van der Waals surface area contributed by atoms with Crippen LogP contribution in [0.25, 0.3) is 0 Å². The minimum atomic E-state index is -0.815. The monoisotopic (exact) mass is 301 g/mol. The van der Waals surface area contributed by atoms with E-state index in [0.717, 1.165) is 11.3 Å². The van der Waals surface area contributed by atoms with Gasteiger partial charge in [0.05, 0.1) is 12.5 Å². The zero-order valence-corrected chi connectivity index (χ0v) is 13.7. The molecule has 4 heteroatoms. The van der Waals surface area contributed by atoms with Crippen LogP contribution in [0, 0.1) is 5.41 Å². The van der Waals surface area contributed by atoms with Gasteiger partial charge in [-0.2, -0.15) is 0 Å². The number of Topliss-reactive ketones (excluding diaryl/α,β-unsaturated/α-hetero) is 1. The van der Waals surface area contributed by atoms with E-state index in [0.29, 0.717) is 18.6 Å².